The van der Waals surface area contributed by atoms with Gasteiger partial charge in [0.1, 0.15) is 11.5 Å². The SMILES string of the molecule is Cc1nc2c([nH]1)C(=O)N(C)C1=NC34CCCC3CCC4N12. The van der Waals surface area contributed by atoms with Crippen LogP contribution in [0.15, 0.2) is 4.99 Å². The van der Waals surface area contributed by atoms with Gasteiger partial charge in [-0.25, -0.2) is 9.98 Å². The fraction of sp³-hybridized carbons (Fsp3) is 0.667. The topological polar surface area (TPSA) is 64.6 Å². The molecule has 3 unspecified atom stereocenters. The van der Waals surface area contributed by atoms with Gasteiger partial charge in [0.25, 0.3) is 5.91 Å². The summed E-state index contributed by atoms with van der Waals surface area (Å²) in [6.07, 6.45) is 6.11. The molecule has 6 heteroatoms. The lowest BCUT2D eigenvalue weighted by molar-refractivity contribution is 0.0859. The van der Waals surface area contributed by atoms with Gasteiger partial charge in [-0.15, -0.1) is 0 Å². The number of carbonyl (C=O) groups is 1. The molecule has 0 saturated heterocycles. The first kappa shape index (κ1) is 11.8. The summed E-state index contributed by atoms with van der Waals surface area (Å²) in [5, 5.41) is 0. The quantitative estimate of drug-likeness (QED) is 0.789. The summed E-state index contributed by atoms with van der Waals surface area (Å²) in [6.45, 7) is 1.90. The van der Waals surface area contributed by atoms with Gasteiger partial charge >= 0.3 is 0 Å². The predicted molar refractivity (Wildman–Crippen MR) is 78.4 cm³/mol. The minimum Gasteiger partial charge on any atom is -0.336 e. The van der Waals surface area contributed by atoms with Gasteiger partial charge < -0.3 is 4.98 Å². The zero-order valence-electron chi connectivity index (χ0n) is 12.4. The van der Waals surface area contributed by atoms with Crippen LogP contribution in [-0.2, 0) is 0 Å². The molecule has 2 saturated carbocycles. The number of fused-ring (bicyclic) bond motifs is 4. The first-order valence-corrected chi connectivity index (χ1v) is 7.85. The van der Waals surface area contributed by atoms with Crippen LogP contribution in [-0.4, -0.2) is 45.4 Å². The van der Waals surface area contributed by atoms with E-state index in [0.29, 0.717) is 17.7 Å². The molecule has 3 heterocycles. The molecule has 21 heavy (non-hydrogen) atoms. The number of anilines is 1. The van der Waals surface area contributed by atoms with Crippen LogP contribution in [0.1, 0.15) is 48.4 Å². The Balaban J connectivity index is 1.73. The number of nitrogens with one attached hydrogen (secondary N) is 1. The van der Waals surface area contributed by atoms with Crippen molar-refractivity contribution in [3.05, 3.63) is 11.5 Å². The maximum Gasteiger partial charge on any atom is 0.280 e. The van der Waals surface area contributed by atoms with Crippen molar-refractivity contribution in [2.24, 2.45) is 10.9 Å². The van der Waals surface area contributed by atoms with E-state index in [0.717, 1.165) is 30.4 Å². The van der Waals surface area contributed by atoms with E-state index in [9.17, 15) is 4.79 Å². The number of amides is 1. The maximum absolute atomic E-state index is 12.5. The number of nitrogens with zero attached hydrogens (tertiary/aromatic N) is 4. The summed E-state index contributed by atoms with van der Waals surface area (Å²) in [5.41, 5.74) is 0.658. The first-order valence-electron chi connectivity index (χ1n) is 7.85. The van der Waals surface area contributed by atoms with E-state index in [-0.39, 0.29) is 11.4 Å². The largest absolute Gasteiger partial charge is 0.336 e. The number of hydrogen-bond acceptors (Lipinski definition) is 4. The van der Waals surface area contributed by atoms with E-state index in [2.05, 4.69) is 14.9 Å². The number of rotatable bonds is 0. The second-order valence-corrected chi connectivity index (χ2v) is 6.84. The van der Waals surface area contributed by atoms with E-state index in [1.54, 1.807) is 4.90 Å². The molecular weight excluding hydrogens is 266 g/mol. The molecule has 1 N–H and O–H groups in total. The fourth-order valence-corrected chi connectivity index (χ4v) is 5.02. The summed E-state index contributed by atoms with van der Waals surface area (Å²) >= 11 is 0. The number of aromatic nitrogens is 2. The van der Waals surface area contributed by atoms with Crippen molar-refractivity contribution in [2.45, 2.75) is 50.6 Å². The smallest absolute Gasteiger partial charge is 0.280 e. The highest BCUT2D eigenvalue weighted by Crippen LogP contribution is 2.56. The standard InChI is InChI=1S/C15H19N5O/c1-8-16-11-12(17-8)20-10-6-5-9-4-3-7-15(9,10)18-14(20)19(2)13(11)21/h9-10H,3-7H2,1-2H3,(H,16,17). The average molecular weight is 285 g/mol. The van der Waals surface area contributed by atoms with Crippen molar-refractivity contribution < 1.29 is 4.79 Å². The molecule has 2 fully saturated rings. The van der Waals surface area contributed by atoms with E-state index < -0.39 is 0 Å². The highest BCUT2D eigenvalue weighted by atomic mass is 16.2. The Morgan fingerprint density at radius 2 is 2.19 bits per heavy atom. The lowest BCUT2D eigenvalue weighted by Gasteiger charge is -2.35. The summed E-state index contributed by atoms with van der Waals surface area (Å²) < 4.78 is 0. The Hall–Kier alpha value is -1.85. The van der Waals surface area contributed by atoms with Crippen LogP contribution >= 0.6 is 0 Å². The van der Waals surface area contributed by atoms with Gasteiger partial charge in [-0.05, 0) is 38.5 Å². The number of guanidine groups is 1. The van der Waals surface area contributed by atoms with Crippen molar-refractivity contribution in [1.82, 2.24) is 14.9 Å². The van der Waals surface area contributed by atoms with Crippen LogP contribution in [0.2, 0.25) is 0 Å². The Labute approximate surface area is 123 Å². The first-order chi connectivity index (χ1) is 10.1. The van der Waals surface area contributed by atoms with Crippen molar-refractivity contribution in [2.75, 3.05) is 11.9 Å². The van der Waals surface area contributed by atoms with Crippen LogP contribution in [0.25, 0.3) is 0 Å². The summed E-state index contributed by atoms with van der Waals surface area (Å²) in [5.74, 6) is 3.07. The summed E-state index contributed by atoms with van der Waals surface area (Å²) in [6, 6.07) is 0.386. The molecule has 110 valence electrons. The number of aromatic amines is 1. The third kappa shape index (κ3) is 1.19. The Morgan fingerprint density at radius 1 is 1.33 bits per heavy atom. The molecule has 2 aliphatic heterocycles. The lowest BCUT2D eigenvalue weighted by Crippen LogP contribution is -2.52. The molecule has 2 aliphatic carbocycles. The van der Waals surface area contributed by atoms with Crippen LogP contribution in [0, 0.1) is 12.8 Å². The molecule has 4 aliphatic rings. The summed E-state index contributed by atoms with van der Waals surface area (Å²) in [4.78, 5) is 29.3. The molecule has 6 nitrogen and oxygen atoms in total. The van der Waals surface area contributed by atoms with Crippen molar-refractivity contribution in [1.29, 1.82) is 0 Å². The van der Waals surface area contributed by atoms with Crippen molar-refractivity contribution >= 4 is 17.7 Å². The average Bonchev–Trinajstić information content (AvgIpc) is 3.14. The van der Waals surface area contributed by atoms with Gasteiger partial charge in [0.2, 0.25) is 5.96 Å². The van der Waals surface area contributed by atoms with Gasteiger partial charge in [-0.1, -0.05) is 6.42 Å². The number of imidazole rings is 1. The Kier molecular flexibility index (Phi) is 1.95. The highest BCUT2D eigenvalue weighted by Gasteiger charge is 2.61. The van der Waals surface area contributed by atoms with Gasteiger partial charge in [-0.3, -0.25) is 14.6 Å². The molecule has 1 aromatic heterocycles. The molecule has 1 spiro atoms. The van der Waals surface area contributed by atoms with Gasteiger partial charge in [-0.2, -0.15) is 0 Å². The fourth-order valence-electron chi connectivity index (χ4n) is 5.02. The molecule has 5 rings (SSSR count). The van der Waals surface area contributed by atoms with E-state index in [4.69, 9.17) is 4.99 Å². The number of H-pyrrole nitrogens is 1. The van der Waals surface area contributed by atoms with Gasteiger partial charge in [0.05, 0.1) is 11.6 Å². The highest BCUT2D eigenvalue weighted by molar-refractivity contribution is 6.18. The maximum atomic E-state index is 12.5. The molecule has 1 aromatic rings. The number of aryl methyl sites for hydroxylation is 1. The molecule has 0 bridgehead atoms. The second-order valence-electron chi connectivity index (χ2n) is 6.84. The van der Waals surface area contributed by atoms with Gasteiger partial charge in [0, 0.05) is 7.05 Å². The van der Waals surface area contributed by atoms with Crippen molar-refractivity contribution in [3.8, 4) is 0 Å². The normalized spacial score (nSPS) is 36.5. The second kappa shape index (κ2) is 3.48. The monoisotopic (exact) mass is 285 g/mol. The number of carbonyl (C=O) groups excluding carboxylic acids is 1. The van der Waals surface area contributed by atoms with Crippen LogP contribution in [0.3, 0.4) is 0 Å². The van der Waals surface area contributed by atoms with Crippen LogP contribution in [0.5, 0.6) is 0 Å². The number of hydrogen-bond donors (Lipinski definition) is 1. The Bertz CT molecular complexity index is 692. The molecule has 1 amide bonds. The molecule has 3 atom stereocenters. The Morgan fingerprint density at radius 3 is 3.05 bits per heavy atom. The van der Waals surface area contributed by atoms with Gasteiger partial charge in [0.15, 0.2) is 5.82 Å². The summed E-state index contributed by atoms with van der Waals surface area (Å²) in [7, 11) is 1.83. The third-order valence-electron chi connectivity index (χ3n) is 5.89. The van der Waals surface area contributed by atoms with E-state index in [1.165, 1.54) is 19.3 Å². The minimum absolute atomic E-state index is 0.0217. The van der Waals surface area contributed by atoms with E-state index in [1.807, 2.05) is 14.0 Å². The third-order valence-corrected chi connectivity index (χ3v) is 5.89. The zero-order valence-corrected chi connectivity index (χ0v) is 12.4. The molecule has 0 aromatic carbocycles. The molecular formula is C15H19N5O. The minimum atomic E-state index is -0.0217. The van der Waals surface area contributed by atoms with E-state index >= 15 is 0 Å². The zero-order chi connectivity index (χ0) is 14.4. The number of aliphatic imine (C=N–C) groups is 1. The van der Waals surface area contributed by atoms with Crippen LogP contribution < -0.4 is 4.90 Å². The lowest BCUT2D eigenvalue weighted by atomic mass is 9.88. The van der Waals surface area contributed by atoms with Crippen LogP contribution in [0.4, 0.5) is 5.82 Å². The van der Waals surface area contributed by atoms with Crippen molar-refractivity contribution in [3.63, 3.8) is 0 Å². The predicted octanol–water partition coefficient (Wildman–Crippen LogP) is 1.68. The molecule has 0 radical (unpaired) electrons.